The summed E-state index contributed by atoms with van der Waals surface area (Å²) in [5, 5.41) is 0. The van der Waals surface area contributed by atoms with E-state index in [4.69, 9.17) is 0 Å². The molecule has 1 aromatic heterocycles. The predicted molar refractivity (Wildman–Crippen MR) is 89.6 cm³/mol. The molecule has 0 amide bonds. The number of benzene rings is 2. The quantitative estimate of drug-likeness (QED) is 0.444. The van der Waals surface area contributed by atoms with Crippen LogP contribution in [-0.4, -0.2) is 9.97 Å². The highest BCUT2D eigenvalue weighted by Gasteiger charge is 2.11. The average molecular weight is 496 g/mol. The SMILES string of the molecule is Fc1cc2[nH]c(-c3cc(I)ccc3Br)nc2cc1Br. The molecular weight excluding hydrogens is 490 g/mol. The van der Waals surface area contributed by atoms with Crippen LogP contribution in [0.3, 0.4) is 0 Å². The van der Waals surface area contributed by atoms with Gasteiger partial charge in [-0.1, -0.05) is 15.9 Å². The molecular formula is C13H6Br2FIN2. The Labute approximate surface area is 139 Å². The third-order valence-electron chi connectivity index (χ3n) is 2.71. The van der Waals surface area contributed by atoms with E-state index < -0.39 is 0 Å². The van der Waals surface area contributed by atoms with Crippen LogP contribution in [0, 0.1) is 9.39 Å². The summed E-state index contributed by atoms with van der Waals surface area (Å²) in [6, 6.07) is 9.12. The van der Waals surface area contributed by atoms with Crippen molar-refractivity contribution in [1.29, 1.82) is 0 Å². The van der Waals surface area contributed by atoms with E-state index in [1.807, 2.05) is 18.2 Å². The number of hydrogen-bond acceptors (Lipinski definition) is 1. The van der Waals surface area contributed by atoms with Gasteiger partial charge in [-0.05, 0) is 62.8 Å². The Balaban J connectivity index is 2.23. The molecule has 3 rings (SSSR count). The van der Waals surface area contributed by atoms with Gasteiger partial charge >= 0.3 is 0 Å². The molecule has 0 saturated heterocycles. The molecule has 0 spiro atoms. The third-order valence-corrected chi connectivity index (χ3v) is 4.68. The predicted octanol–water partition coefficient (Wildman–Crippen LogP) is 5.50. The molecule has 0 aliphatic carbocycles. The summed E-state index contributed by atoms with van der Waals surface area (Å²) in [7, 11) is 0. The van der Waals surface area contributed by atoms with Crippen molar-refractivity contribution < 1.29 is 4.39 Å². The van der Waals surface area contributed by atoms with Gasteiger partial charge in [0.15, 0.2) is 0 Å². The number of rotatable bonds is 1. The van der Waals surface area contributed by atoms with E-state index in [1.165, 1.54) is 6.07 Å². The van der Waals surface area contributed by atoms with Crippen LogP contribution in [0.2, 0.25) is 0 Å². The summed E-state index contributed by atoms with van der Waals surface area (Å²) in [6.45, 7) is 0. The molecule has 6 heteroatoms. The lowest BCUT2D eigenvalue weighted by atomic mass is 10.2. The summed E-state index contributed by atoms with van der Waals surface area (Å²) < 4.78 is 16.0. The molecule has 1 heterocycles. The van der Waals surface area contributed by atoms with Gasteiger partial charge in [-0.25, -0.2) is 9.37 Å². The minimum Gasteiger partial charge on any atom is -0.338 e. The van der Waals surface area contributed by atoms with Crippen molar-refractivity contribution in [3.05, 3.63) is 48.7 Å². The zero-order valence-electron chi connectivity index (χ0n) is 9.35. The number of hydrogen-bond donors (Lipinski definition) is 1. The fourth-order valence-corrected chi connectivity index (χ4v) is 3.07. The Bertz CT molecular complexity index is 747. The Kier molecular flexibility index (Phi) is 3.65. The van der Waals surface area contributed by atoms with Crippen LogP contribution in [0.4, 0.5) is 4.39 Å². The van der Waals surface area contributed by atoms with Crippen molar-refractivity contribution in [2.75, 3.05) is 0 Å². The minimum absolute atomic E-state index is 0.301. The molecule has 0 atom stereocenters. The van der Waals surface area contributed by atoms with Crippen molar-refractivity contribution in [2.24, 2.45) is 0 Å². The van der Waals surface area contributed by atoms with Crippen molar-refractivity contribution in [1.82, 2.24) is 9.97 Å². The number of aromatic amines is 1. The van der Waals surface area contributed by atoms with Gasteiger partial charge in [-0.2, -0.15) is 0 Å². The van der Waals surface area contributed by atoms with Gasteiger partial charge in [0.1, 0.15) is 11.6 Å². The largest absolute Gasteiger partial charge is 0.338 e. The Morgan fingerprint density at radius 1 is 1.11 bits per heavy atom. The molecule has 0 aliphatic rings. The molecule has 1 N–H and O–H groups in total. The maximum atomic E-state index is 13.5. The molecule has 0 bridgehead atoms. The van der Waals surface area contributed by atoms with E-state index in [2.05, 4.69) is 64.4 Å². The van der Waals surface area contributed by atoms with Crippen LogP contribution in [0.1, 0.15) is 0 Å². The molecule has 0 unspecified atom stereocenters. The van der Waals surface area contributed by atoms with Gasteiger partial charge in [-0.15, -0.1) is 0 Å². The monoisotopic (exact) mass is 494 g/mol. The number of aromatic nitrogens is 2. The lowest BCUT2D eigenvalue weighted by Crippen LogP contribution is -1.83. The Morgan fingerprint density at radius 3 is 2.68 bits per heavy atom. The highest BCUT2D eigenvalue weighted by molar-refractivity contribution is 14.1. The first-order chi connectivity index (χ1) is 9.04. The van der Waals surface area contributed by atoms with Crippen LogP contribution >= 0.6 is 54.5 Å². The zero-order valence-corrected chi connectivity index (χ0v) is 14.7. The molecule has 0 fully saturated rings. The first kappa shape index (κ1) is 13.5. The van der Waals surface area contributed by atoms with E-state index in [9.17, 15) is 4.39 Å². The second kappa shape index (κ2) is 5.14. The van der Waals surface area contributed by atoms with Gasteiger partial charge in [-0.3, -0.25) is 0 Å². The maximum absolute atomic E-state index is 13.5. The van der Waals surface area contributed by atoms with Crippen molar-refractivity contribution in [3.63, 3.8) is 0 Å². The fourth-order valence-electron chi connectivity index (χ4n) is 1.81. The highest BCUT2D eigenvalue weighted by atomic mass is 127. The minimum atomic E-state index is -0.301. The summed E-state index contributed by atoms with van der Waals surface area (Å²) >= 11 is 8.92. The number of halogens is 4. The molecule has 0 aliphatic heterocycles. The lowest BCUT2D eigenvalue weighted by Gasteiger charge is -2.01. The average Bonchev–Trinajstić information content (AvgIpc) is 2.75. The second-order valence-corrected chi connectivity index (χ2v) is 6.95. The zero-order chi connectivity index (χ0) is 13.6. The smallest absolute Gasteiger partial charge is 0.139 e. The van der Waals surface area contributed by atoms with Crippen LogP contribution in [0.5, 0.6) is 0 Å². The molecule has 0 saturated carbocycles. The molecule has 2 nitrogen and oxygen atoms in total. The highest BCUT2D eigenvalue weighted by Crippen LogP contribution is 2.30. The van der Waals surface area contributed by atoms with Gasteiger partial charge in [0.05, 0.1) is 15.5 Å². The first-order valence-corrected chi connectivity index (χ1v) is 8.01. The van der Waals surface area contributed by atoms with Crippen molar-refractivity contribution in [3.8, 4) is 11.4 Å². The van der Waals surface area contributed by atoms with Crippen molar-refractivity contribution >= 4 is 65.5 Å². The number of nitrogens with zero attached hydrogens (tertiary/aromatic N) is 1. The summed E-state index contributed by atoms with van der Waals surface area (Å²) in [6.07, 6.45) is 0. The lowest BCUT2D eigenvalue weighted by molar-refractivity contribution is 0.623. The normalized spacial score (nSPS) is 11.2. The van der Waals surface area contributed by atoms with E-state index in [1.54, 1.807) is 6.07 Å². The van der Waals surface area contributed by atoms with Crippen molar-refractivity contribution in [2.45, 2.75) is 0 Å². The van der Waals surface area contributed by atoms with E-state index in [0.29, 0.717) is 9.99 Å². The fraction of sp³-hybridized carbons (Fsp3) is 0. The summed E-state index contributed by atoms with van der Waals surface area (Å²) in [5.74, 6) is 0.419. The van der Waals surface area contributed by atoms with Gasteiger partial charge in [0.2, 0.25) is 0 Å². The Hall–Kier alpha value is -0.470. The number of nitrogens with one attached hydrogen (secondary N) is 1. The summed E-state index contributed by atoms with van der Waals surface area (Å²) in [4.78, 5) is 7.64. The van der Waals surface area contributed by atoms with Gasteiger partial charge < -0.3 is 4.98 Å². The first-order valence-electron chi connectivity index (χ1n) is 5.35. The van der Waals surface area contributed by atoms with Crippen LogP contribution in [0.25, 0.3) is 22.4 Å². The molecule has 3 aromatic rings. The molecule has 19 heavy (non-hydrogen) atoms. The van der Waals surface area contributed by atoms with Crippen LogP contribution < -0.4 is 0 Å². The number of H-pyrrole nitrogens is 1. The topological polar surface area (TPSA) is 28.7 Å². The van der Waals surface area contributed by atoms with Crippen LogP contribution in [-0.2, 0) is 0 Å². The van der Waals surface area contributed by atoms with E-state index in [-0.39, 0.29) is 5.82 Å². The number of imidazole rings is 1. The standard InChI is InChI=1S/C13H6Br2FIN2/c14-8-2-1-6(17)3-7(8)13-18-11-4-9(15)10(16)5-12(11)19-13/h1-5H,(H,18,19). The Morgan fingerprint density at radius 2 is 1.89 bits per heavy atom. The third kappa shape index (κ3) is 2.57. The van der Waals surface area contributed by atoms with Gasteiger partial charge in [0.25, 0.3) is 0 Å². The van der Waals surface area contributed by atoms with E-state index in [0.717, 1.165) is 24.9 Å². The van der Waals surface area contributed by atoms with Gasteiger partial charge in [0, 0.05) is 19.7 Å². The summed E-state index contributed by atoms with van der Waals surface area (Å²) in [5.41, 5.74) is 2.37. The van der Waals surface area contributed by atoms with Crippen LogP contribution in [0.15, 0.2) is 39.3 Å². The molecule has 0 radical (unpaired) electrons. The second-order valence-electron chi connectivity index (χ2n) is 3.99. The maximum Gasteiger partial charge on any atom is 0.139 e. The number of fused-ring (bicyclic) bond motifs is 1. The van der Waals surface area contributed by atoms with E-state index >= 15 is 0 Å². The molecule has 96 valence electrons. The molecule has 2 aromatic carbocycles.